The molecule has 0 aliphatic carbocycles. The highest BCUT2D eigenvalue weighted by Crippen LogP contribution is 2.32. The number of methoxy groups -OCH3 is 1. The number of carbonyl (C=O) groups is 1. The molecule has 2 N–H and O–H groups in total. The van der Waals surface area contributed by atoms with Crippen molar-refractivity contribution >= 4 is 17.3 Å². The fraction of sp³-hybridized carbons (Fsp3) is 0.316. The van der Waals surface area contributed by atoms with E-state index in [1.807, 2.05) is 24.3 Å². The molecule has 27 heavy (non-hydrogen) atoms. The van der Waals surface area contributed by atoms with E-state index in [2.05, 4.69) is 10.6 Å². The number of hydrogen-bond donors (Lipinski definition) is 2. The Bertz CT molecular complexity index is 840. The Morgan fingerprint density at radius 1 is 1.33 bits per heavy atom. The second-order valence-corrected chi connectivity index (χ2v) is 6.11. The van der Waals surface area contributed by atoms with E-state index in [0.29, 0.717) is 31.9 Å². The van der Waals surface area contributed by atoms with Crippen molar-refractivity contribution in [3.63, 3.8) is 0 Å². The van der Waals surface area contributed by atoms with E-state index in [1.54, 1.807) is 13.2 Å². The van der Waals surface area contributed by atoms with Gasteiger partial charge >= 0.3 is 0 Å². The molecule has 8 heteroatoms. The monoisotopic (exact) mass is 371 g/mol. The number of carbonyl (C=O) groups excluding carboxylic acids is 1. The summed E-state index contributed by atoms with van der Waals surface area (Å²) in [5.74, 6) is 0.367. The van der Waals surface area contributed by atoms with E-state index in [1.165, 1.54) is 12.1 Å². The van der Waals surface area contributed by atoms with E-state index in [0.717, 1.165) is 11.3 Å². The number of nitrogens with one attached hydrogen (secondary N) is 2. The smallest absolute Gasteiger partial charge is 0.270 e. The molecule has 0 fully saturated rings. The first-order valence-electron chi connectivity index (χ1n) is 8.64. The summed E-state index contributed by atoms with van der Waals surface area (Å²) >= 11 is 0. The van der Waals surface area contributed by atoms with E-state index < -0.39 is 4.92 Å². The maximum Gasteiger partial charge on any atom is 0.270 e. The largest absolute Gasteiger partial charge is 0.493 e. The number of non-ortho nitro benzene ring substituents is 1. The summed E-state index contributed by atoms with van der Waals surface area (Å²) < 4.78 is 10.6. The number of ether oxygens (including phenoxy) is 2. The Balaban J connectivity index is 1.84. The minimum Gasteiger partial charge on any atom is -0.493 e. The van der Waals surface area contributed by atoms with E-state index >= 15 is 0 Å². The number of para-hydroxylation sites is 1. The van der Waals surface area contributed by atoms with Crippen LogP contribution in [-0.4, -0.2) is 37.7 Å². The zero-order chi connectivity index (χ0) is 19.2. The molecule has 3 rings (SSSR count). The predicted octanol–water partition coefficient (Wildman–Crippen LogP) is 2.91. The van der Waals surface area contributed by atoms with Crippen LogP contribution >= 0.6 is 0 Å². The molecule has 0 bridgehead atoms. The molecular weight excluding hydrogens is 350 g/mol. The molecule has 1 atom stereocenters. The zero-order valence-electron chi connectivity index (χ0n) is 14.9. The zero-order valence-corrected chi connectivity index (χ0v) is 14.9. The van der Waals surface area contributed by atoms with E-state index in [4.69, 9.17) is 9.47 Å². The molecule has 0 saturated carbocycles. The van der Waals surface area contributed by atoms with Crippen molar-refractivity contribution in [3.05, 3.63) is 63.7 Å². The topological polar surface area (TPSA) is 103 Å². The number of amides is 1. The Hall–Kier alpha value is -3.13. The van der Waals surface area contributed by atoms with Gasteiger partial charge < -0.3 is 20.1 Å². The molecule has 0 saturated heterocycles. The first-order valence-corrected chi connectivity index (χ1v) is 8.64. The van der Waals surface area contributed by atoms with Crippen molar-refractivity contribution in [1.82, 2.24) is 5.32 Å². The third-order valence-corrected chi connectivity index (χ3v) is 4.34. The van der Waals surface area contributed by atoms with Gasteiger partial charge in [0.15, 0.2) is 0 Å². The van der Waals surface area contributed by atoms with Crippen LogP contribution in [0.3, 0.4) is 0 Å². The third kappa shape index (κ3) is 4.35. The Morgan fingerprint density at radius 3 is 2.93 bits per heavy atom. The molecular formula is C19H21N3O5. The second kappa shape index (κ2) is 8.50. The number of rotatable bonds is 7. The van der Waals surface area contributed by atoms with Crippen LogP contribution in [0.1, 0.15) is 28.4 Å². The van der Waals surface area contributed by atoms with Gasteiger partial charge in [-0.1, -0.05) is 18.2 Å². The molecule has 1 heterocycles. The van der Waals surface area contributed by atoms with Gasteiger partial charge in [-0.2, -0.15) is 0 Å². The quantitative estimate of drug-likeness (QED) is 0.441. The maximum atomic E-state index is 12.9. The van der Waals surface area contributed by atoms with Crippen molar-refractivity contribution in [1.29, 1.82) is 0 Å². The first kappa shape index (κ1) is 18.7. The van der Waals surface area contributed by atoms with Crippen LogP contribution in [0.25, 0.3) is 0 Å². The van der Waals surface area contributed by atoms with Crippen molar-refractivity contribution in [2.45, 2.75) is 12.5 Å². The second-order valence-electron chi connectivity index (χ2n) is 6.11. The van der Waals surface area contributed by atoms with Gasteiger partial charge in [0, 0.05) is 43.5 Å². The van der Waals surface area contributed by atoms with Gasteiger partial charge in [-0.3, -0.25) is 14.9 Å². The molecule has 0 radical (unpaired) electrons. The number of anilines is 1. The summed E-state index contributed by atoms with van der Waals surface area (Å²) in [5, 5.41) is 17.2. The van der Waals surface area contributed by atoms with Crippen LogP contribution in [-0.2, 0) is 4.74 Å². The molecule has 2 aromatic carbocycles. The number of hydrogen-bond acceptors (Lipinski definition) is 6. The third-order valence-electron chi connectivity index (χ3n) is 4.34. The van der Waals surface area contributed by atoms with E-state index in [-0.39, 0.29) is 23.2 Å². The summed E-state index contributed by atoms with van der Waals surface area (Å²) in [6.07, 6.45) is 0.629. The highest BCUT2D eigenvalue weighted by Gasteiger charge is 2.25. The summed E-state index contributed by atoms with van der Waals surface area (Å²) in [6.45, 7) is 1.43. The van der Waals surface area contributed by atoms with Gasteiger partial charge in [0.1, 0.15) is 5.75 Å². The highest BCUT2D eigenvalue weighted by molar-refractivity contribution is 6.00. The fourth-order valence-electron chi connectivity index (χ4n) is 3.00. The lowest BCUT2D eigenvalue weighted by Crippen LogP contribution is -2.32. The predicted molar refractivity (Wildman–Crippen MR) is 100 cm³/mol. The molecule has 0 spiro atoms. The number of fused-ring (bicyclic) bond motifs is 1. The van der Waals surface area contributed by atoms with Crippen LogP contribution in [0.15, 0.2) is 42.5 Å². The van der Waals surface area contributed by atoms with Gasteiger partial charge in [-0.15, -0.1) is 0 Å². The average Bonchev–Trinajstić information content (AvgIpc) is 2.68. The van der Waals surface area contributed by atoms with Gasteiger partial charge in [-0.25, -0.2) is 0 Å². The van der Waals surface area contributed by atoms with Crippen LogP contribution in [0.2, 0.25) is 0 Å². The van der Waals surface area contributed by atoms with Gasteiger partial charge in [-0.05, 0) is 12.1 Å². The SMILES string of the molecule is COCCNc1ccc([N+](=O)[O-])cc1C(=O)N[C@H]1CCOc2ccccc21. The lowest BCUT2D eigenvalue weighted by atomic mass is 10.00. The molecule has 0 unspecified atom stereocenters. The van der Waals surface area contributed by atoms with Crippen LogP contribution < -0.4 is 15.4 Å². The van der Waals surface area contributed by atoms with Gasteiger partial charge in [0.2, 0.25) is 0 Å². The van der Waals surface area contributed by atoms with Crippen molar-refractivity contribution in [2.24, 2.45) is 0 Å². The number of nitro benzene ring substituents is 1. The molecule has 1 amide bonds. The molecule has 8 nitrogen and oxygen atoms in total. The number of benzene rings is 2. The standard InChI is InChI=1S/C19H21N3O5/c1-26-11-9-20-16-7-6-13(22(24)25)12-15(16)19(23)21-17-8-10-27-18-5-3-2-4-14(17)18/h2-7,12,17,20H,8-11H2,1H3,(H,21,23)/t17-/m0/s1. The molecule has 1 aliphatic heterocycles. The van der Waals surface area contributed by atoms with Crippen molar-refractivity contribution in [2.75, 3.05) is 32.2 Å². The Kier molecular flexibility index (Phi) is 5.87. The molecule has 2 aromatic rings. The van der Waals surface area contributed by atoms with Gasteiger partial charge in [0.25, 0.3) is 11.6 Å². The average molecular weight is 371 g/mol. The highest BCUT2D eigenvalue weighted by atomic mass is 16.6. The Morgan fingerprint density at radius 2 is 2.15 bits per heavy atom. The molecule has 142 valence electrons. The lowest BCUT2D eigenvalue weighted by Gasteiger charge is -2.27. The minimum atomic E-state index is -0.514. The maximum absolute atomic E-state index is 12.9. The van der Waals surface area contributed by atoms with Gasteiger partial charge in [0.05, 0.1) is 29.7 Å². The number of nitrogens with zero attached hydrogens (tertiary/aromatic N) is 1. The van der Waals surface area contributed by atoms with Crippen LogP contribution in [0.4, 0.5) is 11.4 Å². The summed E-state index contributed by atoms with van der Waals surface area (Å²) in [5.41, 5.74) is 1.51. The number of nitro groups is 1. The summed E-state index contributed by atoms with van der Waals surface area (Å²) in [6, 6.07) is 11.5. The van der Waals surface area contributed by atoms with Crippen molar-refractivity contribution < 1.29 is 19.2 Å². The summed E-state index contributed by atoms with van der Waals surface area (Å²) in [4.78, 5) is 23.5. The Labute approximate surface area is 156 Å². The molecule has 1 aliphatic rings. The van der Waals surface area contributed by atoms with Crippen LogP contribution in [0, 0.1) is 10.1 Å². The summed E-state index contributed by atoms with van der Waals surface area (Å²) in [7, 11) is 1.58. The fourth-order valence-corrected chi connectivity index (χ4v) is 3.00. The van der Waals surface area contributed by atoms with Crippen LogP contribution in [0.5, 0.6) is 5.75 Å². The first-order chi connectivity index (χ1) is 13.1. The minimum absolute atomic E-state index is 0.134. The lowest BCUT2D eigenvalue weighted by molar-refractivity contribution is -0.384. The van der Waals surface area contributed by atoms with Crippen molar-refractivity contribution in [3.8, 4) is 5.75 Å². The normalized spacial score (nSPS) is 15.4. The molecule has 0 aromatic heterocycles. The van der Waals surface area contributed by atoms with E-state index in [9.17, 15) is 14.9 Å².